The second kappa shape index (κ2) is 5.42. The van der Waals surface area contributed by atoms with Gasteiger partial charge in [-0.05, 0) is 67.6 Å². The second-order valence-corrected chi connectivity index (χ2v) is 7.12. The predicted octanol–water partition coefficient (Wildman–Crippen LogP) is 3.93. The highest BCUT2D eigenvalue weighted by molar-refractivity contribution is 5.81. The number of pyridine rings is 1. The Labute approximate surface area is 126 Å². The van der Waals surface area contributed by atoms with Gasteiger partial charge in [0.25, 0.3) is 0 Å². The zero-order valence-electron chi connectivity index (χ0n) is 12.5. The molecule has 2 heteroatoms. The molecule has 4 unspecified atom stereocenters. The van der Waals surface area contributed by atoms with E-state index in [-0.39, 0.29) is 0 Å². The minimum atomic E-state index is 0.292. The highest BCUT2D eigenvalue weighted by Crippen LogP contribution is 2.49. The van der Waals surface area contributed by atoms with Crippen molar-refractivity contribution >= 4 is 10.9 Å². The maximum absolute atomic E-state index is 6.49. The monoisotopic (exact) mass is 280 g/mol. The molecule has 4 atom stereocenters. The summed E-state index contributed by atoms with van der Waals surface area (Å²) in [5.41, 5.74) is 8.93. The van der Waals surface area contributed by atoms with E-state index in [0.29, 0.717) is 6.04 Å². The van der Waals surface area contributed by atoms with Gasteiger partial charge in [0.1, 0.15) is 0 Å². The van der Waals surface area contributed by atoms with Crippen LogP contribution in [0, 0.1) is 17.8 Å². The van der Waals surface area contributed by atoms with Gasteiger partial charge in [0.05, 0.1) is 5.52 Å². The molecular weight excluding hydrogens is 256 g/mol. The predicted molar refractivity (Wildman–Crippen MR) is 87.0 cm³/mol. The average Bonchev–Trinajstić information content (AvgIpc) is 3.10. The summed E-state index contributed by atoms with van der Waals surface area (Å²) in [7, 11) is 0. The Balaban J connectivity index is 1.47. The van der Waals surface area contributed by atoms with Crippen molar-refractivity contribution in [2.75, 3.05) is 0 Å². The van der Waals surface area contributed by atoms with Crippen LogP contribution in [0.3, 0.4) is 0 Å². The lowest BCUT2D eigenvalue weighted by Crippen LogP contribution is -2.28. The Morgan fingerprint density at radius 2 is 2.05 bits per heavy atom. The van der Waals surface area contributed by atoms with E-state index in [4.69, 9.17) is 5.73 Å². The number of rotatable bonds is 4. The Hall–Kier alpha value is -1.41. The second-order valence-electron chi connectivity index (χ2n) is 7.12. The van der Waals surface area contributed by atoms with Gasteiger partial charge in [0.15, 0.2) is 0 Å². The molecule has 2 saturated carbocycles. The van der Waals surface area contributed by atoms with E-state index in [2.05, 4.69) is 29.2 Å². The molecule has 2 N–H and O–H groups in total. The van der Waals surface area contributed by atoms with Crippen molar-refractivity contribution in [3.05, 3.63) is 42.1 Å². The minimum Gasteiger partial charge on any atom is -0.327 e. The van der Waals surface area contributed by atoms with Crippen molar-refractivity contribution in [2.45, 2.75) is 44.6 Å². The van der Waals surface area contributed by atoms with Gasteiger partial charge in [0.2, 0.25) is 0 Å². The zero-order valence-corrected chi connectivity index (χ0v) is 12.5. The van der Waals surface area contributed by atoms with Crippen molar-refractivity contribution in [2.24, 2.45) is 23.5 Å². The molecule has 0 radical (unpaired) electrons. The summed E-state index contributed by atoms with van der Waals surface area (Å²) in [5.74, 6) is 2.90. The topological polar surface area (TPSA) is 38.9 Å². The molecule has 0 aliphatic heterocycles. The number of nitrogens with zero attached hydrogens (tertiary/aromatic N) is 1. The summed E-state index contributed by atoms with van der Waals surface area (Å²) < 4.78 is 0. The molecule has 2 fully saturated rings. The first kappa shape index (κ1) is 13.3. The Kier molecular flexibility index (Phi) is 3.42. The Bertz CT molecular complexity index is 631. The maximum Gasteiger partial charge on any atom is 0.0704 e. The fourth-order valence-corrected chi connectivity index (χ4v) is 4.75. The Morgan fingerprint density at radius 3 is 2.86 bits per heavy atom. The Morgan fingerprint density at radius 1 is 1.14 bits per heavy atom. The van der Waals surface area contributed by atoms with Crippen LogP contribution in [-0.2, 0) is 6.42 Å². The summed E-state index contributed by atoms with van der Waals surface area (Å²) in [6, 6.07) is 10.8. The van der Waals surface area contributed by atoms with Gasteiger partial charge in [-0.3, -0.25) is 4.98 Å². The summed E-state index contributed by atoms with van der Waals surface area (Å²) in [5, 5.41) is 1.27. The number of fused-ring (bicyclic) bond motifs is 3. The van der Waals surface area contributed by atoms with Crippen molar-refractivity contribution < 1.29 is 0 Å². The molecule has 2 aliphatic carbocycles. The molecule has 2 nitrogen and oxygen atoms in total. The number of nitrogens with two attached hydrogens (primary N) is 1. The molecule has 2 aliphatic rings. The molecule has 110 valence electrons. The van der Waals surface area contributed by atoms with Gasteiger partial charge in [-0.25, -0.2) is 0 Å². The molecule has 0 saturated heterocycles. The molecule has 0 spiro atoms. The van der Waals surface area contributed by atoms with Gasteiger partial charge < -0.3 is 5.73 Å². The fourth-order valence-electron chi connectivity index (χ4n) is 4.75. The SMILES string of the molecule is NC(Cc1ccnc2ccccc12)CC1CC2CCC1C2. The van der Waals surface area contributed by atoms with Crippen LogP contribution in [0.2, 0.25) is 0 Å². The van der Waals surface area contributed by atoms with Crippen molar-refractivity contribution in [1.82, 2.24) is 4.98 Å². The third-order valence-electron chi connectivity index (χ3n) is 5.71. The van der Waals surface area contributed by atoms with Gasteiger partial charge in [-0.2, -0.15) is 0 Å². The molecular formula is C19H24N2. The maximum atomic E-state index is 6.49. The smallest absolute Gasteiger partial charge is 0.0704 e. The summed E-state index contributed by atoms with van der Waals surface area (Å²) >= 11 is 0. The quantitative estimate of drug-likeness (QED) is 0.921. The van der Waals surface area contributed by atoms with Crippen LogP contribution in [0.25, 0.3) is 10.9 Å². The molecule has 1 heterocycles. The fraction of sp³-hybridized carbons (Fsp3) is 0.526. The molecule has 4 rings (SSSR count). The lowest BCUT2D eigenvalue weighted by Gasteiger charge is -2.25. The van der Waals surface area contributed by atoms with E-state index in [9.17, 15) is 0 Å². The molecule has 0 amide bonds. The number of hydrogen-bond donors (Lipinski definition) is 1. The first-order valence-electron chi connectivity index (χ1n) is 8.38. The standard InChI is InChI=1S/C19H24N2/c20-17(12-16-10-13-5-6-14(16)9-13)11-15-7-8-21-19-4-2-1-3-18(15)19/h1-4,7-8,13-14,16-17H,5-6,9-12,20H2. The van der Waals surface area contributed by atoms with Crippen LogP contribution in [0.15, 0.2) is 36.5 Å². The van der Waals surface area contributed by atoms with Gasteiger partial charge in [0, 0.05) is 17.6 Å². The van der Waals surface area contributed by atoms with E-state index in [0.717, 1.165) is 29.7 Å². The molecule has 2 aromatic rings. The zero-order chi connectivity index (χ0) is 14.2. The lowest BCUT2D eigenvalue weighted by atomic mass is 9.83. The molecule has 1 aromatic heterocycles. The largest absolute Gasteiger partial charge is 0.327 e. The number of aromatic nitrogens is 1. The van der Waals surface area contributed by atoms with Crippen LogP contribution in [-0.4, -0.2) is 11.0 Å². The normalized spacial score (nSPS) is 29.1. The highest BCUT2D eigenvalue weighted by atomic mass is 14.7. The van der Waals surface area contributed by atoms with Crippen LogP contribution >= 0.6 is 0 Å². The van der Waals surface area contributed by atoms with Gasteiger partial charge in [-0.1, -0.05) is 24.6 Å². The van der Waals surface area contributed by atoms with Crippen LogP contribution in [0.4, 0.5) is 0 Å². The first-order chi connectivity index (χ1) is 10.3. The molecule has 21 heavy (non-hydrogen) atoms. The van der Waals surface area contributed by atoms with E-state index >= 15 is 0 Å². The summed E-state index contributed by atoms with van der Waals surface area (Å²) in [4.78, 5) is 4.44. The van der Waals surface area contributed by atoms with E-state index in [1.54, 1.807) is 0 Å². The number of benzene rings is 1. The molecule has 1 aromatic carbocycles. The first-order valence-corrected chi connectivity index (χ1v) is 8.38. The number of hydrogen-bond acceptors (Lipinski definition) is 2. The van der Waals surface area contributed by atoms with E-state index < -0.39 is 0 Å². The molecule has 2 bridgehead atoms. The third-order valence-corrected chi connectivity index (χ3v) is 5.71. The van der Waals surface area contributed by atoms with Gasteiger partial charge in [-0.15, -0.1) is 0 Å². The van der Waals surface area contributed by atoms with Crippen molar-refractivity contribution in [3.8, 4) is 0 Å². The summed E-state index contributed by atoms with van der Waals surface area (Å²) in [6.07, 6.45) is 9.97. The third kappa shape index (κ3) is 2.57. The average molecular weight is 280 g/mol. The highest BCUT2D eigenvalue weighted by Gasteiger charge is 2.39. The van der Waals surface area contributed by atoms with Crippen molar-refractivity contribution in [1.29, 1.82) is 0 Å². The van der Waals surface area contributed by atoms with Crippen molar-refractivity contribution in [3.63, 3.8) is 0 Å². The van der Waals surface area contributed by atoms with Crippen LogP contribution in [0.1, 0.15) is 37.7 Å². The van der Waals surface area contributed by atoms with E-state index in [1.807, 2.05) is 12.3 Å². The van der Waals surface area contributed by atoms with E-state index in [1.165, 1.54) is 43.1 Å². The van der Waals surface area contributed by atoms with Gasteiger partial charge >= 0.3 is 0 Å². The number of para-hydroxylation sites is 1. The minimum absolute atomic E-state index is 0.292. The summed E-state index contributed by atoms with van der Waals surface area (Å²) in [6.45, 7) is 0. The van der Waals surface area contributed by atoms with Crippen LogP contribution < -0.4 is 5.73 Å². The van der Waals surface area contributed by atoms with Crippen LogP contribution in [0.5, 0.6) is 0 Å². The lowest BCUT2D eigenvalue weighted by molar-refractivity contribution is 0.294.